The maximum atomic E-state index is 15.3. The Kier molecular flexibility index (Phi) is 3.74. The van der Waals surface area contributed by atoms with E-state index in [1.54, 1.807) is 30.6 Å². The van der Waals surface area contributed by atoms with E-state index in [9.17, 15) is 0 Å². The molecule has 0 aromatic carbocycles. The summed E-state index contributed by atoms with van der Waals surface area (Å²) in [6, 6.07) is 7.13. The zero-order chi connectivity index (χ0) is 18.1. The standard InChI is InChI=1S/C18H13FN6O/c19-18(3-1-5-25(10-18)11-21)17-24-15-7-13(9-23-16(15)26-17)12-2-4-22-14(6-12)8-20/h2,4,6-7,9H,1,3,5,10H2/t18-/m1/s1. The van der Waals surface area contributed by atoms with Crippen LogP contribution in [0.3, 0.4) is 0 Å². The molecule has 0 bridgehead atoms. The molecule has 4 rings (SSSR count). The first-order chi connectivity index (χ1) is 12.6. The third-order valence-electron chi connectivity index (χ3n) is 4.42. The van der Waals surface area contributed by atoms with Crippen LogP contribution < -0.4 is 0 Å². The number of nitrogens with zero attached hydrogens (tertiary/aromatic N) is 6. The fraction of sp³-hybridized carbons (Fsp3) is 0.278. The Bertz CT molecular complexity index is 1070. The molecule has 0 N–H and O–H groups in total. The highest BCUT2D eigenvalue weighted by Gasteiger charge is 2.42. The lowest BCUT2D eigenvalue weighted by Crippen LogP contribution is -2.41. The molecule has 7 nitrogen and oxygen atoms in total. The monoisotopic (exact) mass is 348 g/mol. The Balaban J connectivity index is 1.72. The second-order valence-electron chi connectivity index (χ2n) is 6.20. The minimum Gasteiger partial charge on any atom is -0.419 e. The molecule has 0 spiro atoms. The Morgan fingerprint density at radius 1 is 1.23 bits per heavy atom. The summed E-state index contributed by atoms with van der Waals surface area (Å²) in [7, 11) is 0. The van der Waals surface area contributed by atoms with Crippen LogP contribution >= 0.6 is 0 Å². The summed E-state index contributed by atoms with van der Waals surface area (Å²) < 4.78 is 20.8. The van der Waals surface area contributed by atoms with Crippen molar-refractivity contribution >= 4 is 11.2 Å². The van der Waals surface area contributed by atoms with E-state index in [1.807, 2.05) is 12.3 Å². The fourth-order valence-corrected chi connectivity index (χ4v) is 3.11. The molecule has 0 saturated carbocycles. The molecular formula is C18H13FN6O. The quantitative estimate of drug-likeness (QED) is 0.656. The highest BCUT2D eigenvalue weighted by atomic mass is 19.1. The molecule has 0 aliphatic carbocycles. The largest absolute Gasteiger partial charge is 0.419 e. The van der Waals surface area contributed by atoms with Crippen molar-refractivity contribution < 1.29 is 8.81 Å². The van der Waals surface area contributed by atoms with Gasteiger partial charge in [0, 0.05) is 24.5 Å². The van der Waals surface area contributed by atoms with Crippen LogP contribution in [0, 0.1) is 22.8 Å². The Morgan fingerprint density at radius 3 is 2.92 bits per heavy atom. The summed E-state index contributed by atoms with van der Waals surface area (Å²) in [5.41, 5.74) is 0.651. The van der Waals surface area contributed by atoms with E-state index in [4.69, 9.17) is 14.9 Å². The summed E-state index contributed by atoms with van der Waals surface area (Å²) in [5, 5.41) is 18.0. The first-order valence-corrected chi connectivity index (χ1v) is 8.08. The molecular weight excluding hydrogens is 335 g/mol. The number of piperidine rings is 1. The molecule has 1 aliphatic rings. The van der Waals surface area contributed by atoms with E-state index < -0.39 is 5.67 Å². The van der Waals surface area contributed by atoms with E-state index in [0.717, 1.165) is 11.1 Å². The van der Waals surface area contributed by atoms with E-state index >= 15 is 4.39 Å². The molecule has 0 unspecified atom stereocenters. The Morgan fingerprint density at radius 2 is 2.12 bits per heavy atom. The van der Waals surface area contributed by atoms with E-state index in [1.165, 1.54) is 4.90 Å². The zero-order valence-corrected chi connectivity index (χ0v) is 13.7. The van der Waals surface area contributed by atoms with Gasteiger partial charge in [0.25, 0.3) is 0 Å². The van der Waals surface area contributed by atoms with Gasteiger partial charge in [-0.3, -0.25) is 0 Å². The van der Waals surface area contributed by atoms with E-state index in [-0.39, 0.29) is 24.6 Å². The van der Waals surface area contributed by atoms with Crippen LogP contribution in [0.2, 0.25) is 0 Å². The second kappa shape index (κ2) is 6.08. The van der Waals surface area contributed by atoms with Gasteiger partial charge in [-0.1, -0.05) is 0 Å². The highest BCUT2D eigenvalue weighted by Crippen LogP contribution is 2.36. The lowest BCUT2D eigenvalue weighted by atomic mass is 9.95. The van der Waals surface area contributed by atoms with Crippen LogP contribution in [0.4, 0.5) is 4.39 Å². The average Bonchev–Trinajstić information content (AvgIpc) is 3.12. The number of nitriles is 2. The normalized spacial score (nSPS) is 19.9. The van der Waals surface area contributed by atoms with Gasteiger partial charge in [-0.25, -0.2) is 19.3 Å². The SMILES string of the molecule is N#Cc1cc(-c2cnc3oc([C@@]4(F)CCCN(C#N)C4)nc3c2)ccn1. The molecule has 4 heterocycles. The number of pyridine rings is 2. The predicted octanol–water partition coefficient (Wildman–Crippen LogP) is 2.90. The van der Waals surface area contributed by atoms with Crippen LogP contribution in [0.1, 0.15) is 24.4 Å². The molecule has 128 valence electrons. The first kappa shape index (κ1) is 16.0. The number of hydrogen-bond acceptors (Lipinski definition) is 7. The van der Waals surface area contributed by atoms with Crippen molar-refractivity contribution in [2.24, 2.45) is 0 Å². The maximum absolute atomic E-state index is 15.3. The van der Waals surface area contributed by atoms with Gasteiger partial charge in [-0.2, -0.15) is 10.5 Å². The number of fused-ring (bicyclic) bond motifs is 1. The summed E-state index contributed by atoms with van der Waals surface area (Å²) >= 11 is 0. The maximum Gasteiger partial charge on any atom is 0.247 e. The van der Waals surface area contributed by atoms with Crippen molar-refractivity contribution in [3.63, 3.8) is 0 Å². The van der Waals surface area contributed by atoms with Crippen molar-refractivity contribution in [2.45, 2.75) is 18.5 Å². The molecule has 1 fully saturated rings. The van der Waals surface area contributed by atoms with Gasteiger partial charge in [-0.15, -0.1) is 0 Å². The molecule has 1 saturated heterocycles. The van der Waals surface area contributed by atoms with Crippen LogP contribution in [0.5, 0.6) is 0 Å². The second-order valence-corrected chi connectivity index (χ2v) is 6.20. The van der Waals surface area contributed by atoms with Crippen molar-refractivity contribution in [2.75, 3.05) is 13.1 Å². The van der Waals surface area contributed by atoms with Crippen LogP contribution in [-0.2, 0) is 5.67 Å². The lowest BCUT2D eigenvalue weighted by Gasteiger charge is -2.31. The topological polar surface area (TPSA) is 103 Å². The minimum atomic E-state index is -1.81. The highest BCUT2D eigenvalue weighted by molar-refractivity contribution is 5.76. The average molecular weight is 348 g/mol. The third-order valence-corrected chi connectivity index (χ3v) is 4.42. The number of halogens is 1. The molecule has 1 aliphatic heterocycles. The van der Waals surface area contributed by atoms with Crippen molar-refractivity contribution in [1.29, 1.82) is 10.5 Å². The molecule has 3 aromatic heterocycles. The minimum absolute atomic E-state index is 0.0513. The summed E-state index contributed by atoms with van der Waals surface area (Å²) in [6.45, 7) is 0.465. The van der Waals surface area contributed by atoms with Crippen LogP contribution in [0.25, 0.3) is 22.4 Å². The van der Waals surface area contributed by atoms with Gasteiger partial charge in [-0.05, 0) is 36.6 Å². The van der Waals surface area contributed by atoms with E-state index in [2.05, 4.69) is 15.0 Å². The van der Waals surface area contributed by atoms with Gasteiger partial charge in [0.15, 0.2) is 6.19 Å². The van der Waals surface area contributed by atoms with E-state index in [0.29, 0.717) is 24.2 Å². The summed E-state index contributed by atoms with van der Waals surface area (Å²) in [6.07, 6.45) is 5.91. The number of rotatable bonds is 2. The summed E-state index contributed by atoms with van der Waals surface area (Å²) in [5.74, 6) is -0.0513. The van der Waals surface area contributed by atoms with Gasteiger partial charge < -0.3 is 9.32 Å². The number of aromatic nitrogens is 3. The molecule has 26 heavy (non-hydrogen) atoms. The van der Waals surface area contributed by atoms with Crippen molar-refractivity contribution in [3.05, 3.63) is 42.2 Å². The van der Waals surface area contributed by atoms with Gasteiger partial charge in [0.1, 0.15) is 17.3 Å². The Labute approximate surface area is 148 Å². The van der Waals surface area contributed by atoms with Crippen molar-refractivity contribution in [3.8, 4) is 23.4 Å². The number of oxazole rings is 1. The number of hydrogen-bond donors (Lipinski definition) is 0. The lowest BCUT2D eigenvalue weighted by molar-refractivity contribution is 0.0449. The smallest absolute Gasteiger partial charge is 0.247 e. The predicted molar refractivity (Wildman–Crippen MR) is 89.0 cm³/mol. The van der Waals surface area contributed by atoms with Gasteiger partial charge in [0.2, 0.25) is 17.3 Å². The Hall–Kier alpha value is -3.52. The van der Waals surface area contributed by atoms with Gasteiger partial charge >= 0.3 is 0 Å². The summed E-state index contributed by atoms with van der Waals surface area (Å²) in [4.78, 5) is 13.8. The molecule has 8 heteroatoms. The van der Waals surface area contributed by atoms with Gasteiger partial charge in [0.05, 0.1) is 6.54 Å². The molecule has 0 amide bonds. The zero-order valence-electron chi connectivity index (χ0n) is 13.7. The van der Waals surface area contributed by atoms with Crippen LogP contribution in [-0.4, -0.2) is 32.9 Å². The molecule has 1 atom stereocenters. The third kappa shape index (κ3) is 2.72. The van der Waals surface area contributed by atoms with Crippen molar-refractivity contribution in [1.82, 2.24) is 19.9 Å². The number of alkyl halides is 1. The molecule has 3 aromatic rings. The molecule has 0 radical (unpaired) electrons. The fourth-order valence-electron chi connectivity index (χ4n) is 3.11. The first-order valence-electron chi connectivity index (χ1n) is 8.08. The van der Waals surface area contributed by atoms with Crippen LogP contribution in [0.15, 0.2) is 35.0 Å². The number of likely N-dealkylation sites (tertiary alicyclic amines) is 1.